The molecular formula is C7H7Cl2NOS. The van der Waals surface area contributed by atoms with E-state index < -0.39 is 0 Å². The van der Waals surface area contributed by atoms with Gasteiger partial charge in [0, 0.05) is 29.0 Å². The van der Waals surface area contributed by atoms with Gasteiger partial charge >= 0.3 is 0 Å². The van der Waals surface area contributed by atoms with E-state index in [2.05, 4.69) is 0 Å². The minimum absolute atomic E-state index is 0. The van der Waals surface area contributed by atoms with Crippen molar-refractivity contribution >= 4 is 41.1 Å². The van der Waals surface area contributed by atoms with Crippen LogP contribution in [-0.4, -0.2) is 5.78 Å². The predicted molar refractivity (Wildman–Crippen MR) is 52.5 cm³/mol. The first-order valence-electron chi connectivity index (χ1n) is 3.26. The fourth-order valence-corrected chi connectivity index (χ4v) is 2.56. The van der Waals surface area contributed by atoms with E-state index in [1.54, 1.807) is 5.38 Å². The molecule has 1 aromatic rings. The third-order valence-electron chi connectivity index (χ3n) is 1.86. The van der Waals surface area contributed by atoms with Crippen LogP contribution in [0.4, 0.5) is 0 Å². The summed E-state index contributed by atoms with van der Waals surface area (Å²) in [5.41, 5.74) is 7.26. The lowest BCUT2D eigenvalue weighted by Gasteiger charge is -1.98. The van der Waals surface area contributed by atoms with E-state index >= 15 is 0 Å². The summed E-state index contributed by atoms with van der Waals surface area (Å²) in [5.74, 6) is 0.121. The van der Waals surface area contributed by atoms with Gasteiger partial charge < -0.3 is 5.73 Å². The van der Waals surface area contributed by atoms with Crippen LogP contribution < -0.4 is 5.73 Å². The van der Waals surface area contributed by atoms with Crippen molar-refractivity contribution in [3.8, 4) is 0 Å². The molecule has 2 rings (SSSR count). The fourth-order valence-electron chi connectivity index (χ4n) is 1.32. The topological polar surface area (TPSA) is 43.1 Å². The molecular weight excluding hydrogens is 217 g/mol. The Hall–Kier alpha value is -0.0900. The first-order valence-corrected chi connectivity index (χ1v) is 4.51. The van der Waals surface area contributed by atoms with Gasteiger partial charge in [-0.15, -0.1) is 23.7 Å². The summed E-state index contributed by atoms with van der Waals surface area (Å²) < 4.78 is 0.665. The third-order valence-corrected chi connectivity index (χ3v) is 3.11. The average Bonchev–Trinajstić information content (AvgIpc) is 2.41. The van der Waals surface area contributed by atoms with Crippen molar-refractivity contribution in [2.45, 2.75) is 12.5 Å². The first-order chi connectivity index (χ1) is 5.20. The molecule has 2 N–H and O–H groups in total. The van der Waals surface area contributed by atoms with Crippen molar-refractivity contribution in [2.75, 3.05) is 0 Å². The average molecular weight is 224 g/mol. The molecule has 1 atom stereocenters. The Morgan fingerprint density at radius 3 is 2.92 bits per heavy atom. The van der Waals surface area contributed by atoms with Crippen LogP contribution in [0.15, 0.2) is 5.38 Å². The molecule has 0 spiro atoms. The molecule has 1 aromatic heterocycles. The molecule has 1 aliphatic rings. The van der Waals surface area contributed by atoms with Gasteiger partial charge in [0.2, 0.25) is 0 Å². The van der Waals surface area contributed by atoms with Gasteiger partial charge in [-0.25, -0.2) is 0 Å². The lowest BCUT2D eigenvalue weighted by atomic mass is 10.2. The number of carbonyl (C=O) groups excluding carboxylic acids is 1. The molecule has 0 aliphatic heterocycles. The standard InChI is InChI=1S/C7H6ClNOS.ClH/c8-7-6-3(2-11-7)5(10)1-4(6)9;/h2,4H,1,9H2;1H. The van der Waals surface area contributed by atoms with E-state index in [0.717, 1.165) is 11.1 Å². The summed E-state index contributed by atoms with van der Waals surface area (Å²) in [6, 6.07) is -0.170. The Balaban J connectivity index is 0.000000720. The first kappa shape index (κ1) is 9.99. The summed E-state index contributed by atoms with van der Waals surface area (Å²) in [6.07, 6.45) is 0.415. The Morgan fingerprint density at radius 2 is 2.33 bits per heavy atom. The number of fused-ring (bicyclic) bond motifs is 1. The number of nitrogens with two attached hydrogens (primary N) is 1. The van der Waals surface area contributed by atoms with Crippen molar-refractivity contribution in [1.82, 2.24) is 0 Å². The quantitative estimate of drug-likeness (QED) is 0.735. The molecule has 1 aliphatic carbocycles. The van der Waals surface area contributed by atoms with Crippen LogP contribution >= 0.6 is 35.3 Å². The van der Waals surface area contributed by atoms with Gasteiger partial charge in [-0.2, -0.15) is 0 Å². The van der Waals surface area contributed by atoms with Crippen LogP contribution in [0.1, 0.15) is 28.4 Å². The molecule has 0 saturated heterocycles. The number of halogens is 2. The fraction of sp³-hybridized carbons (Fsp3) is 0.286. The molecule has 1 unspecified atom stereocenters. The van der Waals surface area contributed by atoms with Crippen LogP contribution in [0, 0.1) is 0 Å². The molecule has 0 amide bonds. The summed E-state index contributed by atoms with van der Waals surface area (Å²) in [4.78, 5) is 11.2. The number of hydrogen-bond donors (Lipinski definition) is 1. The molecule has 0 saturated carbocycles. The normalized spacial score (nSPS) is 20.5. The van der Waals surface area contributed by atoms with Crippen LogP contribution in [0.3, 0.4) is 0 Å². The van der Waals surface area contributed by atoms with Gasteiger partial charge in [-0.1, -0.05) is 11.6 Å². The van der Waals surface area contributed by atoms with Crippen LogP contribution in [0.25, 0.3) is 0 Å². The zero-order chi connectivity index (χ0) is 8.01. The van der Waals surface area contributed by atoms with E-state index in [0.29, 0.717) is 10.8 Å². The van der Waals surface area contributed by atoms with Gasteiger partial charge in [0.25, 0.3) is 0 Å². The van der Waals surface area contributed by atoms with Gasteiger partial charge in [0.05, 0.1) is 4.34 Å². The molecule has 0 bridgehead atoms. The molecule has 0 radical (unpaired) electrons. The van der Waals surface area contributed by atoms with Gasteiger partial charge in [0.15, 0.2) is 5.78 Å². The molecule has 12 heavy (non-hydrogen) atoms. The number of thiophene rings is 1. The summed E-state index contributed by atoms with van der Waals surface area (Å²) in [5, 5.41) is 1.78. The second-order valence-corrected chi connectivity index (χ2v) is 4.05. The van der Waals surface area contributed by atoms with Crippen molar-refractivity contribution in [3.63, 3.8) is 0 Å². The highest BCUT2D eigenvalue weighted by atomic mass is 35.5. The van der Waals surface area contributed by atoms with Gasteiger partial charge in [-0.05, 0) is 0 Å². The van der Waals surface area contributed by atoms with E-state index in [9.17, 15) is 4.79 Å². The lowest BCUT2D eigenvalue weighted by Crippen LogP contribution is -2.05. The number of rotatable bonds is 0. The van der Waals surface area contributed by atoms with Crippen molar-refractivity contribution in [3.05, 3.63) is 20.8 Å². The summed E-state index contributed by atoms with van der Waals surface area (Å²) in [7, 11) is 0. The van der Waals surface area contributed by atoms with E-state index in [4.69, 9.17) is 17.3 Å². The molecule has 66 valence electrons. The number of Topliss-reactive ketones (excluding diaryl/α,β-unsaturated/α-hetero) is 1. The highest BCUT2D eigenvalue weighted by Gasteiger charge is 2.30. The van der Waals surface area contributed by atoms with Crippen molar-refractivity contribution in [2.24, 2.45) is 5.73 Å². The maximum Gasteiger partial charge on any atom is 0.165 e. The van der Waals surface area contributed by atoms with Crippen molar-refractivity contribution in [1.29, 1.82) is 0 Å². The van der Waals surface area contributed by atoms with E-state index in [1.165, 1.54) is 11.3 Å². The lowest BCUT2D eigenvalue weighted by molar-refractivity contribution is 0.0989. The third kappa shape index (κ3) is 1.27. The minimum atomic E-state index is -0.170. The molecule has 0 aromatic carbocycles. The molecule has 5 heteroatoms. The predicted octanol–water partition coefficient (Wildman–Crippen LogP) is 2.41. The zero-order valence-corrected chi connectivity index (χ0v) is 8.43. The van der Waals surface area contributed by atoms with Gasteiger partial charge in [0.1, 0.15) is 0 Å². The van der Waals surface area contributed by atoms with E-state index in [1.807, 2.05) is 0 Å². The Morgan fingerprint density at radius 1 is 1.67 bits per heavy atom. The van der Waals surface area contributed by atoms with E-state index in [-0.39, 0.29) is 24.2 Å². The Labute approximate surface area is 85.1 Å². The maximum atomic E-state index is 11.2. The summed E-state index contributed by atoms with van der Waals surface area (Å²) >= 11 is 7.21. The maximum absolute atomic E-state index is 11.2. The second-order valence-electron chi connectivity index (χ2n) is 2.57. The number of carbonyl (C=O) groups is 1. The Bertz CT molecular complexity index is 323. The highest BCUT2D eigenvalue weighted by molar-refractivity contribution is 7.15. The largest absolute Gasteiger partial charge is 0.323 e. The molecule has 0 fully saturated rings. The number of ketones is 1. The van der Waals surface area contributed by atoms with Crippen LogP contribution in [0.2, 0.25) is 4.34 Å². The Kier molecular flexibility index (Phi) is 2.78. The highest BCUT2D eigenvalue weighted by Crippen LogP contribution is 2.39. The summed E-state index contributed by atoms with van der Waals surface area (Å²) in [6.45, 7) is 0. The van der Waals surface area contributed by atoms with Crippen LogP contribution in [-0.2, 0) is 0 Å². The smallest absolute Gasteiger partial charge is 0.165 e. The van der Waals surface area contributed by atoms with Crippen molar-refractivity contribution < 1.29 is 4.79 Å². The molecule has 2 nitrogen and oxygen atoms in total. The van der Waals surface area contributed by atoms with Gasteiger partial charge in [-0.3, -0.25) is 4.79 Å². The van der Waals surface area contributed by atoms with Crippen LogP contribution in [0.5, 0.6) is 0 Å². The zero-order valence-electron chi connectivity index (χ0n) is 6.04. The molecule has 1 heterocycles. The minimum Gasteiger partial charge on any atom is -0.323 e. The number of hydrogen-bond acceptors (Lipinski definition) is 3. The SMILES string of the molecule is Cl.NC1CC(=O)c2csc(Cl)c21. The second kappa shape index (κ2) is 3.34. The monoisotopic (exact) mass is 223 g/mol.